The average Bonchev–Trinajstić information content (AvgIpc) is 2.11. The summed E-state index contributed by atoms with van der Waals surface area (Å²) >= 11 is 0. The van der Waals surface area contributed by atoms with Gasteiger partial charge in [0.2, 0.25) is 0 Å². The fraction of sp³-hybridized carbons (Fsp3) is 0.833. The van der Waals surface area contributed by atoms with E-state index in [-0.39, 0.29) is 23.4 Å². The van der Waals surface area contributed by atoms with Gasteiger partial charge in [0, 0.05) is 11.8 Å². The van der Waals surface area contributed by atoms with Gasteiger partial charge in [-0.1, -0.05) is 26.7 Å². The molecule has 0 aliphatic heterocycles. The van der Waals surface area contributed by atoms with Crippen molar-refractivity contribution in [1.82, 2.24) is 0 Å². The van der Waals surface area contributed by atoms with Gasteiger partial charge in [0.1, 0.15) is 11.6 Å². The van der Waals surface area contributed by atoms with Gasteiger partial charge in [0.05, 0.1) is 0 Å². The second kappa shape index (κ2) is 6.74. The van der Waals surface area contributed by atoms with Crippen LogP contribution in [0.15, 0.2) is 0 Å². The molecule has 0 aromatic rings. The van der Waals surface area contributed by atoms with Crippen molar-refractivity contribution in [3.8, 4) is 0 Å². The summed E-state index contributed by atoms with van der Waals surface area (Å²) in [4.78, 5) is 21.9. The van der Waals surface area contributed by atoms with Crippen LogP contribution < -0.4 is 0 Å². The van der Waals surface area contributed by atoms with E-state index in [1.165, 1.54) is 0 Å². The Morgan fingerprint density at radius 2 is 1.14 bits per heavy atom. The lowest BCUT2D eigenvalue weighted by molar-refractivity contribution is -0.121. The van der Waals surface area contributed by atoms with Crippen LogP contribution in [0.2, 0.25) is 0 Å². The molecule has 82 valence electrons. The number of hydrogen-bond acceptors (Lipinski definition) is 2. The SMILES string of the molecule is CC(=O)C(C)CCCCC(C)C(C)=O. The molecule has 0 aromatic heterocycles. The second-order valence-corrected chi connectivity index (χ2v) is 4.31. The maximum absolute atomic E-state index is 10.9. The van der Waals surface area contributed by atoms with Crippen LogP contribution in [0.3, 0.4) is 0 Å². The molecule has 0 amide bonds. The summed E-state index contributed by atoms with van der Waals surface area (Å²) in [5, 5.41) is 0. The van der Waals surface area contributed by atoms with E-state index in [0.29, 0.717) is 0 Å². The van der Waals surface area contributed by atoms with Gasteiger partial charge in [-0.05, 0) is 26.7 Å². The quantitative estimate of drug-likeness (QED) is 0.589. The Morgan fingerprint density at radius 3 is 1.36 bits per heavy atom. The van der Waals surface area contributed by atoms with Crippen molar-refractivity contribution in [2.45, 2.75) is 53.4 Å². The molecule has 14 heavy (non-hydrogen) atoms. The highest BCUT2D eigenvalue weighted by Crippen LogP contribution is 2.14. The summed E-state index contributed by atoms with van der Waals surface area (Å²) in [5.74, 6) is 0.902. The minimum absolute atomic E-state index is 0.183. The number of carbonyl (C=O) groups is 2. The van der Waals surface area contributed by atoms with Crippen molar-refractivity contribution in [3.63, 3.8) is 0 Å². The van der Waals surface area contributed by atoms with Gasteiger partial charge in [-0.3, -0.25) is 9.59 Å². The van der Waals surface area contributed by atoms with Crippen LogP contribution in [0.25, 0.3) is 0 Å². The number of carbonyl (C=O) groups excluding carboxylic acids is 2. The molecule has 0 fully saturated rings. The molecule has 0 aromatic carbocycles. The number of unbranched alkanes of at least 4 members (excludes halogenated alkanes) is 1. The van der Waals surface area contributed by atoms with Gasteiger partial charge in [-0.2, -0.15) is 0 Å². The van der Waals surface area contributed by atoms with Crippen LogP contribution in [0.5, 0.6) is 0 Å². The first-order valence-corrected chi connectivity index (χ1v) is 5.46. The lowest BCUT2D eigenvalue weighted by Crippen LogP contribution is -2.08. The van der Waals surface area contributed by atoms with Crippen LogP contribution in [-0.4, -0.2) is 11.6 Å². The minimum Gasteiger partial charge on any atom is -0.300 e. The number of ketones is 2. The molecule has 0 N–H and O–H groups in total. The Bertz CT molecular complexity index is 174. The fourth-order valence-electron chi connectivity index (χ4n) is 1.31. The van der Waals surface area contributed by atoms with Gasteiger partial charge >= 0.3 is 0 Å². The number of Topliss-reactive ketones (excluding diaryl/α,β-unsaturated/α-hetero) is 2. The van der Waals surface area contributed by atoms with Crippen LogP contribution in [0.4, 0.5) is 0 Å². The van der Waals surface area contributed by atoms with Crippen molar-refractivity contribution < 1.29 is 9.59 Å². The third-order valence-corrected chi connectivity index (χ3v) is 2.91. The Hall–Kier alpha value is -0.660. The normalized spacial score (nSPS) is 14.9. The smallest absolute Gasteiger partial charge is 0.132 e. The van der Waals surface area contributed by atoms with Crippen LogP contribution in [0.1, 0.15) is 53.4 Å². The van der Waals surface area contributed by atoms with E-state index in [2.05, 4.69) is 0 Å². The molecule has 0 rings (SSSR count). The van der Waals surface area contributed by atoms with E-state index in [1.54, 1.807) is 13.8 Å². The zero-order chi connectivity index (χ0) is 11.1. The Morgan fingerprint density at radius 1 is 0.857 bits per heavy atom. The predicted molar refractivity (Wildman–Crippen MR) is 58.2 cm³/mol. The Labute approximate surface area is 87.1 Å². The highest BCUT2D eigenvalue weighted by molar-refractivity contribution is 5.78. The molecule has 2 unspecified atom stereocenters. The molecule has 0 aliphatic rings. The van der Waals surface area contributed by atoms with Crippen molar-refractivity contribution in [1.29, 1.82) is 0 Å². The van der Waals surface area contributed by atoms with Crippen molar-refractivity contribution in [2.24, 2.45) is 11.8 Å². The first kappa shape index (κ1) is 13.3. The first-order valence-electron chi connectivity index (χ1n) is 5.46. The maximum atomic E-state index is 10.9. The molecule has 2 heteroatoms. The van der Waals surface area contributed by atoms with Gasteiger partial charge in [-0.25, -0.2) is 0 Å². The first-order chi connectivity index (χ1) is 6.45. The standard InChI is InChI=1S/C12H22O2/c1-9(11(3)13)7-5-6-8-10(2)12(4)14/h9-10H,5-8H2,1-4H3. The van der Waals surface area contributed by atoms with Crippen molar-refractivity contribution in [2.75, 3.05) is 0 Å². The lowest BCUT2D eigenvalue weighted by atomic mass is 9.95. The van der Waals surface area contributed by atoms with Gasteiger partial charge < -0.3 is 0 Å². The van der Waals surface area contributed by atoms with E-state index < -0.39 is 0 Å². The monoisotopic (exact) mass is 198 g/mol. The third-order valence-electron chi connectivity index (χ3n) is 2.91. The van der Waals surface area contributed by atoms with E-state index in [1.807, 2.05) is 13.8 Å². The minimum atomic E-state index is 0.183. The van der Waals surface area contributed by atoms with Crippen molar-refractivity contribution >= 4 is 11.6 Å². The lowest BCUT2D eigenvalue weighted by Gasteiger charge is -2.09. The van der Waals surface area contributed by atoms with Crippen LogP contribution in [0, 0.1) is 11.8 Å². The summed E-state index contributed by atoms with van der Waals surface area (Å²) < 4.78 is 0. The molecular formula is C12H22O2. The zero-order valence-electron chi connectivity index (χ0n) is 9.80. The van der Waals surface area contributed by atoms with E-state index in [0.717, 1.165) is 25.7 Å². The summed E-state index contributed by atoms with van der Waals surface area (Å²) in [6.45, 7) is 7.22. The summed E-state index contributed by atoms with van der Waals surface area (Å²) in [6.07, 6.45) is 4.02. The molecule has 0 radical (unpaired) electrons. The van der Waals surface area contributed by atoms with Gasteiger partial charge in [0.25, 0.3) is 0 Å². The average molecular weight is 198 g/mol. The molecular weight excluding hydrogens is 176 g/mol. The predicted octanol–water partition coefficient (Wildman–Crippen LogP) is 3.00. The zero-order valence-corrected chi connectivity index (χ0v) is 9.80. The highest BCUT2D eigenvalue weighted by Gasteiger charge is 2.09. The highest BCUT2D eigenvalue weighted by atomic mass is 16.1. The van der Waals surface area contributed by atoms with Crippen LogP contribution in [-0.2, 0) is 9.59 Å². The molecule has 0 saturated heterocycles. The molecule has 0 heterocycles. The second-order valence-electron chi connectivity index (χ2n) is 4.31. The molecule has 2 atom stereocenters. The molecule has 0 spiro atoms. The molecule has 0 bridgehead atoms. The van der Waals surface area contributed by atoms with Crippen LogP contribution >= 0.6 is 0 Å². The van der Waals surface area contributed by atoms with Gasteiger partial charge in [0.15, 0.2) is 0 Å². The number of rotatable bonds is 7. The number of hydrogen-bond donors (Lipinski definition) is 0. The summed E-state index contributed by atoms with van der Waals surface area (Å²) in [6, 6.07) is 0. The van der Waals surface area contributed by atoms with E-state index in [9.17, 15) is 9.59 Å². The Balaban J connectivity index is 3.47. The molecule has 0 aliphatic carbocycles. The Kier molecular flexibility index (Phi) is 6.43. The fourth-order valence-corrected chi connectivity index (χ4v) is 1.31. The maximum Gasteiger partial charge on any atom is 0.132 e. The largest absolute Gasteiger partial charge is 0.300 e. The van der Waals surface area contributed by atoms with E-state index >= 15 is 0 Å². The van der Waals surface area contributed by atoms with Crippen molar-refractivity contribution in [3.05, 3.63) is 0 Å². The topological polar surface area (TPSA) is 34.1 Å². The van der Waals surface area contributed by atoms with E-state index in [4.69, 9.17) is 0 Å². The van der Waals surface area contributed by atoms with Gasteiger partial charge in [-0.15, -0.1) is 0 Å². The molecule has 2 nitrogen and oxygen atoms in total. The summed E-state index contributed by atoms with van der Waals surface area (Å²) in [5.41, 5.74) is 0. The third kappa shape index (κ3) is 5.90. The molecule has 0 saturated carbocycles. The summed E-state index contributed by atoms with van der Waals surface area (Å²) in [7, 11) is 0.